The zero-order valence-electron chi connectivity index (χ0n) is 9.17. The normalized spacial score (nSPS) is 10.5. The van der Waals surface area contributed by atoms with Gasteiger partial charge in [0.2, 0.25) is 0 Å². The lowest BCUT2D eigenvalue weighted by Crippen LogP contribution is -2.09. The Morgan fingerprint density at radius 3 is 2.59 bits per heavy atom. The van der Waals surface area contributed by atoms with Gasteiger partial charge in [-0.25, -0.2) is 18.2 Å². The molecule has 0 aliphatic heterocycles. The summed E-state index contributed by atoms with van der Waals surface area (Å²) < 4.78 is 47.2. The number of halogens is 3. The van der Waals surface area contributed by atoms with Gasteiger partial charge in [-0.3, -0.25) is 4.79 Å². The van der Waals surface area contributed by atoms with Crippen LogP contribution in [-0.2, 0) is 16.0 Å². The predicted molar refractivity (Wildman–Crippen MR) is 51.4 cm³/mol. The molecule has 17 heavy (non-hydrogen) atoms. The molecule has 0 unspecified atom stereocenters. The van der Waals surface area contributed by atoms with Crippen molar-refractivity contribution in [1.82, 2.24) is 4.98 Å². The SMILES string of the molecule is COC(=O)Cc1cc(C(F)F)c(F)c(OC)n1. The van der Waals surface area contributed by atoms with Crippen LogP contribution in [0.2, 0.25) is 0 Å². The Kier molecular flexibility index (Phi) is 4.30. The molecule has 1 aromatic heterocycles. The summed E-state index contributed by atoms with van der Waals surface area (Å²) in [4.78, 5) is 14.6. The number of hydrogen-bond acceptors (Lipinski definition) is 4. The number of alkyl halides is 2. The fraction of sp³-hybridized carbons (Fsp3) is 0.400. The summed E-state index contributed by atoms with van der Waals surface area (Å²) in [6, 6.07) is 0.819. The van der Waals surface area contributed by atoms with Crippen LogP contribution in [0, 0.1) is 5.82 Å². The van der Waals surface area contributed by atoms with Crippen LogP contribution in [0.25, 0.3) is 0 Å². The molecule has 0 atom stereocenters. The van der Waals surface area contributed by atoms with Gasteiger partial charge < -0.3 is 9.47 Å². The summed E-state index contributed by atoms with van der Waals surface area (Å²) >= 11 is 0. The average molecular weight is 249 g/mol. The Morgan fingerprint density at radius 2 is 2.12 bits per heavy atom. The van der Waals surface area contributed by atoms with Gasteiger partial charge in [0.1, 0.15) is 0 Å². The monoisotopic (exact) mass is 249 g/mol. The van der Waals surface area contributed by atoms with Crippen LogP contribution >= 0.6 is 0 Å². The maximum Gasteiger partial charge on any atom is 0.311 e. The number of methoxy groups -OCH3 is 2. The highest BCUT2D eigenvalue weighted by atomic mass is 19.3. The van der Waals surface area contributed by atoms with E-state index in [1.54, 1.807) is 0 Å². The standard InChI is InChI=1S/C10H10F3NO3/c1-16-7(15)4-5-3-6(9(12)13)8(11)10(14-5)17-2/h3,9H,4H2,1-2H3. The van der Waals surface area contributed by atoms with E-state index in [1.165, 1.54) is 0 Å². The third kappa shape index (κ3) is 3.08. The highest BCUT2D eigenvalue weighted by Crippen LogP contribution is 2.27. The van der Waals surface area contributed by atoms with Crippen molar-refractivity contribution >= 4 is 5.97 Å². The third-order valence-corrected chi connectivity index (χ3v) is 1.99. The van der Waals surface area contributed by atoms with Crippen LogP contribution in [0.5, 0.6) is 5.88 Å². The molecule has 0 fully saturated rings. The quantitative estimate of drug-likeness (QED) is 0.764. The Hall–Kier alpha value is -1.79. The van der Waals surface area contributed by atoms with Crippen molar-refractivity contribution in [3.8, 4) is 5.88 Å². The summed E-state index contributed by atoms with van der Waals surface area (Å²) in [5, 5.41) is 0. The minimum Gasteiger partial charge on any atom is -0.479 e. The number of hydrogen-bond donors (Lipinski definition) is 0. The molecule has 0 amide bonds. The molecule has 0 aliphatic rings. The van der Waals surface area contributed by atoms with Gasteiger partial charge in [0.15, 0.2) is 5.82 Å². The number of rotatable bonds is 4. The largest absolute Gasteiger partial charge is 0.479 e. The van der Waals surface area contributed by atoms with Crippen molar-refractivity contribution in [2.24, 2.45) is 0 Å². The Bertz CT molecular complexity index is 424. The lowest BCUT2D eigenvalue weighted by atomic mass is 10.2. The topological polar surface area (TPSA) is 48.4 Å². The zero-order valence-corrected chi connectivity index (χ0v) is 9.17. The van der Waals surface area contributed by atoms with Gasteiger partial charge >= 0.3 is 5.97 Å². The second-order valence-corrected chi connectivity index (χ2v) is 3.08. The minimum atomic E-state index is -3.01. The van der Waals surface area contributed by atoms with E-state index in [-0.39, 0.29) is 12.1 Å². The van der Waals surface area contributed by atoms with Crippen molar-refractivity contribution in [3.05, 3.63) is 23.1 Å². The number of carbonyl (C=O) groups is 1. The second-order valence-electron chi connectivity index (χ2n) is 3.08. The smallest absolute Gasteiger partial charge is 0.311 e. The lowest BCUT2D eigenvalue weighted by Gasteiger charge is -2.08. The molecule has 4 nitrogen and oxygen atoms in total. The van der Waals surface area contributed by atoms with Crippen LogP contribution in [-0.4, -0.2) is 25.2 Å². The molecular weight excluding hydrogens is 239 g/mol. The molecule has 0 N–H and O–H groups in total. The van der Waals surface area contributed by atoms with E-state index >= 15 is 0 Å². The number of aromatic nitrogens is 1. The van der Waals surface area contributed by atoms with Gasteiger partial charge in [-0.1, -0.05) is 0 Å². The van der Waals surface area contributed by atoms with Gasteiger partial charge in [-0.05, 0) is 6.07 Å². The summed E-state index contributed by atoms with van der Waals surface area (Å²) in [6.07, 6.45) is -3.34. The first-order valence-electron chi connectivity index (χ1n) is 4.57. The fourth-order valence-corrected chi connectivity index (χ4v) is 1.18. The molecule has 1 rings (SSSR count). The molecule has 0 radical (unpaired) electrons. The minimum absolute atomic E-state index is 0.0367. The van der Waals surface area contributed by atoms with E-state index in [0.717, 1.165) is 20.3 Å². The maximum absolute atomic E-state index is 13.3. The molecule has 0 spiro atoms. The number of ether oxygens (including phenoxy) is 2. The van der Waals surface area contributed by atoms with E-state index in [0.29, 0.717) is 0 Å². The van der Waals surface area contributed by atoms with Gasteiger partial charge in [0.05, 0.1) is 31.9 Å². The van der Waals surface area contributed by atoms with Gasteiger partial charge in [-0.15, -0.1) is 0 Å². The van der Waals surface area contributed by atoms with E-state index in [9.17, 15) is 18.0 Å². The van der Waals surface area contributed by atoms with Crippen LogP contribution in [0.15, 0.2) is 6.07 Å². The predicted octanol–water partition coefficient (Wildman–Crippen LogP) is 1.88. The van der Waals surface area contributed by atoms with Crippen LogP contribution in [0.3, 0.4) is 0 Å². The van der Waals surface area contributed by atoms with Crippen LogP contribution in [0.4, 0.5) is 13.2 Å². The second kappa shape index (κ2) is 5.51. The summed E-state index contributed by atoms with van der Waals surface area (Å²) in [7, 11) is 2.25. The molecule has 0 aliphatic carbocycles. The summed E-state index contributed by atoms with van der Waals surface area (Å²) in [6.45, 7) is 0. The number of nitrogens with zero attached hydrogens (tertiary/aromatic N) is 1. The third-order valence-electron chi connectivity index (χ3n) is 1.99. The first kappa shape index (κ1) is 13.3. The number of carbonyl (C=O) groups excluding carboxylic acids is 1. The van der Waals surface area contributed by atoms with Crippen molar-refractivity contribution in [1.29, 1.82) is 0 Å². The van der Waals surface area contributed by atoms with E-state index < -0.39 is 29.7 Å². The van der Waals surface area contributed by atoms with Crippen molar-refractivity contribution in [2.75, 3.05) is 14.2 Å². The number of pyridine rings is 1. The summed E-state index contributed by atoms with van der Waals surface area (Å²) in [5.41, 5.74) is -0.888. The molecular formula is C10H10F3NO3. The van der Waals surface area contributed by atoms with Crippen LogP contribution in [0.1, 0.15) is 17.7 Å². The first-order valence-corrected chi connectivity index (χ1v) is 4.57. The van der Waals surface area contributed by atoms with Gasteiger partial charge in [0.25, 0.3) is 12.3 Å². The van der Waals surface area contributed by atoms with E-state index in [1.807, 2.05) is 0 Å². The first-order chi connectivity index (χ1) is 7.99. The van der Waals surface area contributed by atoms with E-state index in [4.69, 9.17) is 0 Å². The van der Waals surface area contributed by atoms with Gasteiger partial charge in [-0.2, -0.15) is 0 Å². The Morgan fingerprint density at radius 1 is 1.47 bits per heavy atom. The molecule has 7 heteroatoms. The lowest BCUT2D eigenvalue weighted by molar-refractivity contribution is -0.139. The van der Waals surface area contributed by atoms with Gasteiger partial charge in [0, 0.05) is 0 Å². The number of esters is 1. The molecule has 94 valence electrons. The molecule has 0 bridgehead atoms. The van der Waals surface area contributed by atoms with Crippen molar-refractivity contribution in [3.63, 3.8) is 0 Å². The highest BCUT2D eigenvalue weighted by molar-refractivity contribution is 5.71. The van der Waals surface area contributed by atoms with Crippen LogP contribution < -0.4 is 4.74 Å². The molecule has 0 saturated carbocycles. The zero-order chi connectivity index (χ0) is 13.0. The summed E-state index contributed by atoms with van der Waals surface area (Å²) in [5.74, 6) is -2.45. The average Bonchev–Trinajstić information content (AvgIpc) is 2.30. The molecule has 0 aromatic carbocycles. The Labute approximate surface area is 95.4 Å². The molecule has 1 aromatic rings. The fourth-order valence-electron chi connectivity index (χ4n) is 1.18. The molecule has 0 saturated heterocycles. The van der Waals surface area contributed by atoms with Crippen molar-refractivity contribution < 1.29 is 27.4 Å². The highest BCUT2D eigenvalue weighted by Gasteiger charge is 2.21. The van der Waals surface area contributed by atoms with Crippen molar-refractivity contribution in [2.45, 2.75) is 12.8 Å². The Balaban J connectivity index is 3.15. The van der Waals surface area contributed by atoms with E-state index in [2.05, 4.69) is 14.5 Å². The molecule has 1 heterocycles. The maximum atomic E-state index is 13.3.